The molecule has 0 saturated heterocycles. The van der Waals surface area contributed by atoms with Gasteiger partial charge in [-0.25, -0.2) is 4.39 Å². The third-order valence-corrected chi connectivity index (χ3v) is 2.71. The SMILES string of the molecule is CN[C@@H](C)c1c(Br)cc(F)c(F)c1O. The zero-order chi connectivity index (χ0) is 10.9. The predicted octanol–water partition coefficient (Wildman–Crippen LogP) is 2.71. The molecule has 0 aliphatic heterocycles. The molecule has 0 unspecified atom stereocenters. The van der Waals surface area contributed by atoms with Gasteiger partial charge in [0.05, 0.1) is 0 Å². The molecule has 0 radical (unpaired) electrons. The van der Waals surface area contributed by atoms with Crippen molar-refractivity contribution in [3.63, 3.8) is 0 Å². The third kappa shape index (κ3) is 1.88. The summed E-state index contributed by atoms with van der Waals surface area (Å²) >= 11 is 3.07. The molecule has 2 N–H and O–H groups in total. The van der Waals surface area contributed by atoms with Crippen LogP contribution >= 0.6 is 15.9 Å². The van der Waals surface area contributed by atoms with Crippen molar-refractivity contribution in [3.8, 4) is 5.75 Å². The Hall–Kier alpha value is -0.680. The van der Waals surface area contributed by atoms with Gasteiger partial charge >= 0.3 is 0 Å². The Bertz CT molecular complexity index is 357. The van der Waals surface area contributed by atoms with E-state index in [1.807, 2.05) is 0 Å². The van der Waals surface area contributed by atoms with Crippen LogP contribution in [0.1, 0.15) is 18.5 Å². The van der Waals surface area contributed by atoms with E-state index in [1.165, 1.54) is 0 Å². The number of hydrogen-bond acceptors (Lipinski definition) is 2. The molecule has 0 amide bonds. The molecule has 78 valence electrons. The van der Waals surface area contributed by atoms with Crippen molar-refractivity contribution in [1.29, 1.82) is 0 Å². The molecule has 0 spiro atoms. The van der Waals surface area contributed by atoms with Crippen LogP contribution in [0, 0.1) is 11.6 Å². The van der Waals surface area contributed by atoms with Crippen LogP contribution in [0.3, 0.4) is 0 Å². The van der Waals surface area contributed by atoms with E-state index in [9.17, 15) is 13.9 Å². The predicted molar refractivity (Wildman–Crippen MR) is 53.2 cm³/mol. The van der Waals surface area contributed by atoms with E-state index < -0.39 is 17.4 Å². The second kappa shape index (κ2) is 4.23. The number of halogens is 3. The summed E-state index contributed by atoms with van der Waals surface area (Å²) in [5.74, 6) is -2.94. The quantitative estimate of drug-likeness (QED) is 0.806. The normalized spacial score (nSPS) is 12.9. The summed E-state index contributed by atoms with van der Waals surface area (Å²) in [4.78, 5) is 0. The molecule has 0 fully saturated rings. The Morgan fingerprint density at radius 2 is 2.07 bits per heavy atom. The summed E-state index contributed by atoms with van der Waals surface area (Å²) in [6, 6.07) is 0.734. The van der Waals surface area contributed by atoms with Crippen LogP contribution in [-0.4, -0.2) is 12.2 Å². The van der Waals surface area contributed by atoms with Crippen LogP contribution in [0.25, 0.3) is 0 Å². The minimum Gasteiger partial charge on any atom is -0.504 e. The first-order chi connectivity index (χ1) is 6.49. The van der Waals surface area contributed by atoms with Gasteiger partial charge in [0.1, 0.15) is 0 Å². The lowest BCUT2D eigenvalue weighted by molar-refractivity contribution is 0.394. The average Bonchev–Trinajstić information content (AvgIpc) is 2.14. The first-order valence-corrected chi connectivity index (χ1v) is 4.82. The van der Waals surface area contributed by atoms with Crippen LogP contribution in [0.15, 0.2) is 10.5 Å². The van der Waals surface area contributed by atoms with E-state index in [0.29, 0.717) is 10.0 Å². The van der Waals surface area contributed by atoms with Gasteiger partial charge in [0.15, 0.2) is 11.6 Å². The Balaban J connectivity index is 3.36. The second-order valence-corrected chi connectivity index (χ2v) is 3.78. The summed E-state index contributed by atoms with van der Waals surface area (Å²) in [5, 5.41) is 12.2. The highest BCUT2D eigenvalue weighted by molar-refractivity contribution is 9.10. The summed E-state index contributed by atoms with van der Waals surface area (Å²) in [5.41, 5.74) is 0.311. The highest BCUT2D eigenvalue weighted by Crippen LogP contribution is 2.35. The summed E-state index contributed by atoms with van der Waals surface area (Å²) < 4.78 is 26.1. The van der Waals surface area contributed by atoms with Crippen molar-refractivity contribution in [3.05, 3.63) is 27.7 Å². The standard InChI is InChI=1S/C9H10BrF2NO/c1-4(13-2)7-5(10)3-6(11)8(12)9(7)14/h3-4,13-14H,1-2H3/t4-/m0/s1. The van der Waals surface area contributed by atoms with Gasteiger partial charge in [-0.2, -0.15) is 4.39 Å². The average molecular weight is 266 g/mol. The lowest BCUT2D eigenvalue weighted by Crippen LogP contribution is -2.13. The maximum atomic E-state index is 13.0. The highest BCUT2D eigenvalue weighted by atomic mass is 79.9. The van der Waals surface area contributed by atoms with Crippen LogP contribution in [0.5, 0.6) is 5.75 Å². The Morgan fingerprint density at radius 3 is 2.57 bits per heavy atom. The van der Waals surface area contributed by atoms with E-state index in [2.05, 4.69) is 21.2 Å². The summed E-state index contributed by atoms with van der Waals surface area (Å²) in [6.45, 7) is 1.73. The minimum atomic E-state index is -1.22. The van der Waals surface area contributed by atoms with Gasteiger partial charge in [-0.3, -0.25) is 0 Å². The molecule has 5 heteroatoms. The number of rotatable bonds is 2. The molecule has 0 aliphatic carbocycles. The maximum Gasteiger partial charge on any atom is 0.200 e. The molecule has 0 heterocycles. The molecule has 1 aromatic rings. The number of nitrogens with one attached hydrogen (secondary N) is 1. The summed E-state index contributed by atoms with van der Waals surface area (Å²) in [6.07, 6.45) is 0. The van der Waals surface area contributed by atoms with Crippen LogP contribution < -0.4 is 5.32 Å². The van der Waals surface area contributed by atoms with Crippen LogP contribution in [0.4, 0.5) is 8.78 Å². The van der Waals surface area contributed by atoms with E-state index in [-0.39, 0.29) is 6.04 Å². The Kier molecular flexibility index (Phi) is 3.44. The molecule has 1 atom stereocenters. The van der Waals surface area contributed by atoms with Crippen LogP contribution in [-0.2, 0) is 0 Å². The fourth-order valence-electron chi connectivity index (χ4n) is 1.15. The van der Waals surface area contributed by atoms with Gasteiger partial charge in [0.25, 0.3) is 0 Å². The molecule has 1 aromatic carbocycles. The van der Waals surface area contributed by atoms with Crippen molar-refractivity contribution < 1.29 is 13.9 Å². The topological polar surface area (TPSA) is 32.3 Å². The number of benzene rings is 1. The molecule has 14 heavy (non-hydrogen) atoms. The van der Waals surface area contributed by atoms with Gasteiger partial charge in [-0.15, -0.1) is 0 Å². The zero-order valence-electron chi connectivity index (χ0n) is 7.74. The minimum absolute atomic E-state index is 0.264. The van der Waals surface area contributed by atoms with Gasteiger partial charge in [-0.1, -0.05) is 15.9 Å². The summed E-state index contributed by atoms with van der Waals surface area (Å²) in [7, 11) is 1.66. The van der Waals surface area contributed by atoms with Crippen molar-refractivity contribution >= 4 is 15.9 Å². The van der Waals surface area contributed by atoms with Crippen LogP contribution in [0.2, 0.25) is 0 Å². The van der Waals surface area contributed by atoms with Gasteiger partial charge in [-0.05, 0) is 20.0 Å². The lowest BCUT2D eigenvalue weighted by Gasteiger charge is -2.15. The van der Waals surface area contributed by atoms with Crippen molar-refractivity contribution in [2.75, 3.05) is 7.05 Å². The van der Waals surface area contributed by atoms with Gasteiger partial charge in [0, 0.05) is 16.1 Å². The van der Waals surface area contributed by atoms with Crippen molar-refractivity contribution in [2.45, 2.75) is 13.0 Å². The lowest BCUT2D eigenvalue weighted by atomic mass is 10.1. The molecule has 0 aliphatic rings. The molecular formula is C9H10BrF2NO. The molecule has 0 aromatic heterocycles. The molecule has 1 rings (SSSR count). The zero-order valence-corrected chi connectivity index (χ0v) is 9.32. The molecule has 0 bridgehead atoms. The third-order valence-electron chi connectivity index (χ3n) is 2.05. The van der Waals surface area contributed by atoms with Crippen molar-refractivity contribution in [2.24, 2.45) is 0 Å². The van der Waals surface area contributed by atoms with Gasteiger partial charge in [0.2, 0.25) is 5.82 Å². The molecule has 2 nitrogen and oxygen atoms in total. The smallest absolute Gasteiger partial charge is 0.200 e. The van der Waals surface area contributed by atoms with Gasteiger partial charge < -0.3 is 10.4 Å². The number of hydrogen-bond donors (Lipinski definition) is 2. The second-order valence-electron chi connectivity index (χ2n) is 2.93. The first-order valence-electron chi connectivity index (χ1n) is 4.02. The molecular weight excluding hydrogens is 256 g/mol. The number of phenolic OH excluding ortho intramolecular Hbond substituents is 1. The monoisotopic (exact) mass is 265 g/mol. The Labute approximate surface area is 89.1 Å². The number of phenols is 1. The first kappa shape index (κ1) is 11.4. The van der Waals surface area contributed by atoms with E-state index in [1.54, 1.807) is 14.0 Å². The van der Waals surface area contributed by atoms with Crippen molar-refractivity contribution in [1.82, 2.24) is 5.32 Å². The largest absolute Gasteiger partial charge is 0.504 e. The fourth-order valence-corrected chi connectivity index (χ4v) is 1.89. The highest BCUT2D eigenvalue weighted by Gasteiger charge is 2.19. The fraction of sp³-hybridized carbons (Fsp3) is 0.333. The maximum absolute atomic E-state index is 13.0. The Morgan fingerprint density at radius 1 is 1.50 bits per heavy atom. The number of aromatic hydroxyl groups is 1. The molecule has 0 saturated carbocycles. The van der Waals surface area contributed by atoms with E-state index in [0.717, 1.165) is 6.07 Å². The van der Waals surface area contributed by atoms with E-state index in [4.69, 9.17) is 0 Å². The van der Waals surface area contributed by atoms with E-state index >= 15 is 0 Å².